The second-order valence-corrected chi connectivity index (χ2v) is 13.2. The Labute approximate surface area is 201 Å². The lowest BCUT2D eigenvalue weighted by atomic mass is 9.46. The van der Waals surface area contributed by atoms with Crippen LogP contribution in [0.25, 0.3) is 0 Å². The fourth-order valence-corrected chi connectivity index (χ4v) is 9.30. The zero-order valence-corrected chi connectivity index (χ0v) is 21.9. The van der Waals surface area contributed by atoms with Gasteiger partial charge in [-0.15, -0.1) is 0 Å². The minimum absolute atomic E-state index is 0.126. The molecule has 4 rings (SSSR count). The maximum absolute atomic E-state index is 11.4. The van der Waals surface area contributed by atoms with Crippen LogP contribution in [0.3, 0.4) is 0 Å². The van der Waals surface area contributed by atoms with Crippen molar-refractivity contribution in [3.63, 3.8) is 0 Å². The molecule has 4 N–H and O–H groups in total. The third-order valence-corrected chi connectivity index (χ3v) is 11.5. The topological polar surface area (TPSA) is 80.9 Å². The van der Waals surface area contributed by atoms with Crippen LogP contribution in [0.15, 0.2) is 11.6 Å². The van der Waals surface area contributed by atoms with E-state index in [1.165, 1.54) is 0 Å². The second kappa shape index (κ2) is 9.22. The SMILES string of the molecule is CC[C@H](C[C@@H](O)[C@@H](C)[C@H]1CC[C@H]2[C@@H]3[C@H](O)C=C4[C@@H](O)[C@@H](O)CC[C@]4(C)[C@H]3CC[C@]12C)C(C)C. The van der Waals surface area contributed by atoms with E-state index in [1.54, 1.807) is 0 Å². The maximum Gasteiger partial charge on any atom is 0.101 e. The minimum atomic E-state index is -0.841. The van der Waals surface area contributed by atoms with Crippen molar-refractivity contribution < 1.29 is 20.4 Å². The first kappa shape index (κ1) is 25.7. The van der Waals surface area contributed by atoms with E-state index in [0.29, 0.717) is 36.0 Å². The molecule has 0 bridgehead atoms. The summed E-state index contributed by atoms with van der Waals surface area (Å²) in [5.74, 6) is 2.97. The predicted octanol–water partition coefficient (Wildman–Crippen LogP) is 4.94. The highest BCUT2D eigenvalue weighted by molar-refractivity contribution is 5.31. The van der Waals surface area contributed by atoms with Crippen LogP contribution < -0.4 is 0 Å². The van der Waals surface area contributed by atoms with Gasteiger partial charge in [0, 0.05) is 0 Å². The Kier molecular flexibility index (Phi) is 7.17. The molecule has 0 aromatic heterocycles. The van der Waals surface area contributed by atoms with Gasteiger partial charge in [0.2, 0.25) is 0 Å². The molecule has 0 radical (unpaired) electrons. The zero-order valence-electron chi connectivity index (χ0n) is 21.9. The molecule has 4 nitrogen and oxygen atoms in total. The fourth-order valence-electron chi connectivity index (χ4n) is 9.30. The van der Waals surface area contributed by atoms with Gasteiger partial charge < -0.3 is 20.4 Å². The van der Waals surface area contributed by atoms with Crippen LogP contribution >= 0.6 is 0 Å². The summed E-state index contributed by atoms with van der Waals surface area (Å²) in [6.07, 6.45) is 7.57. The Morgan fingerprint density at radius 3 is 2.30 bits per heavy atom. The highest BCUT2D eigenvalue weighted by Gasteiger charge is 2.62. The Balaban J connectivity index is 1.57. The summed E-state index contributed by atoms with van der Waals surface area (Å²) in [5, 5.41) is 43.6. The fraction of sp³-hybridized carbons (Fsp3) is 0.931. The van der Waals surface area contributed by atoms with Crippen molar-refractivity contribution in [2.75, 3.05) is 0 Å². The van der Waals surface area contributed by atoms with Gasteiger partial charge in [0.05, 0.1) is 18.3 Å². The highest BCUT2D eigenvalue weighted by Crippen LogP contribution is 2.67. The smallest absolute Gasteiger partial charge is 0.101 e. The van der Waals surface area contributed by atoms with E-state index in [-0.39, 0.29) is 28.8 Å². The molecule has 0 aliphatic heterocycles. The van der Waals surface area contributed by atoms with Crippen LogP contribution in [0.4, 0.5) is 0 Å². The molecule has 0 aromatic carbocycles. The Morgan fingerprint density at radius 1 is 0.970 bits per heavy atom. The summed E-state index contributed by atoms with van der Waals surface area (Å²) in [4.78, 5) is 0. The van der Waals surface area contributed by atoms with Gasteiger partial charge in [-0.3, -0.25) is 0 Å². The first-order chi connectivity index (χ1) is 15.5. The van der Waals surface area contributed by atoms with Crippen molar-refractivity contribution in [1.29, 1.82) is 0 Å². The summed E-state index contributed by atoms with van der Waals surface area (Å²) in [7, 11) is 0. The Bertz CT molecular complexity index is 733. The highest BCUT2D eigenvalue weighted by atomic mass is 16.3. The molecular weight excluding hydrogens is 412 g/mol. The molecule has 0 heterocycles. The molecule has 0 aromatic rings. The largest absolute Gasteiger partial charge is 0.393 e. The quantitative estimate of drug-likeness (QED) is 0.422. The van der Waals surface area contributed by atoms with Gasteiger partial charge in [0.1, 0.15) is 6.10 Å². The van der Waals surface area contributed by atoms with Crippen LogP contribution in [0.2, 0.25) is 0 Å². The average molecular weight is 463 g/mol. The molecule has 4 aliphatic rings. The third kappa shape index (κ3) is 4.05. The molecule has 3 saturated carbocycles. The van der Waals surface area contributed by atoms with Gasteiger partial charge in [-0.2, -0.15) is 0 Å². The van der Waals surface area contributed by atoms with Gasteiger partial charge in [-0.1, -0.05) is 54.0 Å². The molecule has 0 amide bonds. The van der Waals surface area contributed by atoms with E-state index in [0.717, 1.165) is 50.5 Å². The lowest BCUT2D eigenvalue weighted by molar-refractivity contribution is -0.116. The van der Waals surface area contributed by atoms with E-state index in [2.05, 4.69) is 41.5 Å². The molecular formula is C29H50O4. The number of rotatable bonds is 6. The summed E-state index contributed by atoms with van der Waals surface area (Å²) in [6, 6.07) is 0. The minimum Gasteiger partial charge on any atom is -0.393 e. The van der Waals surface area contributed by atoms with Crippen LogP contribution in [0.5, 0.6) is 0 Å². The normalized spacial score (nSPS) is 47.8. The number of fused-ring (bicyclic) bond motifs is 5. The van der Waals surface area contributed by atoms with Crippen LogP contribution in [0.1, 0.15) is 92.9 Å². The summed E-state index contributed by atoms with van der Waals surface area (Å²) in [6.45, 7) is 13.8. The molecule has 3 fully saturated rings. The van der Waals surface area contributed by atoms with Gasteiger partial charge in [-0.25, -0.2) is 0 Å². The number of hydrogen-bond donors (Lipinski definition) is 4. The van der Waals surface area contributed by atoms with E-state index in [9.17, 15) is 20.4 Å². The Morgan fingerprint density at radius 2 is 1.67 bits per heavy atom. The van der Waals surface area contributed by atoms with Crippen molar-refractivity contribution in [2.24, 2.45) is 52.3 Å². The van der Waals surface area contributed by atoms with Gasteiger partial charge in [0.25, 0.3) is 0 Å². The molecule has 190 valence electrons. The number of aliphatic hydroxyl groups excluding tert-OH is 4. The third-order valence-electron chi connectivity index (χ3n) is 11.5. The second-order valence-electron chi connectivity index (χ2n) is 13.2. The first-order valence-electron chi connectivity index (χ1n) is 13.9. The van der Waals surface area contributed by atoms with Crippen molar-refractivity contribution in [3.05, 3.63) is 11.6 Å². The van der Waals surface area contributed by atoms with Gasteiger partial charge in [-0.05, 0) is 103 Å². The molecule has 12 atom stereocenters. The number of aliphatic hydroxyl groups is 4. The lowest BCUT2D eigenvalue weighted by Gasteiger charge is -2.60. The van der Waals surface area contributed by atoms with Crippen LogP contribution in [0, 0.1) is 52.3 Å². The molecule has 0 unspecified atom stereocenters. The summed E-state index contributed by atoms with van der Waals surface area (Å²) in [5.41, 5.74) is 0.909. The van der Waals surface area contributed by atoms with Crippen molar-refractivity contribution in [3.8, 4) is 0 Å². The van der Waals surface area contributed by atoms with E-state index < -0.39 is 18.3 Å². The van der Waals surface area contributed by atoms with E-state index in [4.69, 9.17) is 0 Å². The predicted molar refractivity (Wildman–Crippen MR) is 132 cm³/mol. The molecule has 0 saturated heterocycles. The van der Waals surface area contributed by atoms with Gasteiger partial charge in [0.15, 0.2) is 0 Å². The Hall–Kier alpha value is -0.420. The first-order valence-corrected chi connectivity index (χ1v) is 13.9. The van der Waals surface area contributed by atoms with E-state index in [1.807, 2.05) is 6.08 Å². The average Bonchev–Trinajstić information content (AvgIpc) is 3.12. The van der Waals surface area contributed by atoms with Crippen LogP contribution in [-0.4, -0.2) is 44.8 Å². The zero-order chi connectivity index (χ0) is 24.3. The van der Waals surface area contributed by atoms with Crippen molar-refractivity contribution >= 4 is 0 Å². The summed E-state index contributed by atoms with van der Waals surface area (Å²) < 4.78 is 0. The lowest BCUT2D eigenvalue weighted by Crippen LogP contribution is -2.57. The van der Waals surface area contributed by atoms with Crippen LogP contribution in [-0.2, 0) is 0 Å². The molecule has 33 heavy (non-hydrogen) atoms. The van der Waals surface area contributed by atoms with Gasteiger partial charge >= 0.3 is 0 Å². The van der Waals surface area contributed by atoms with Crippen molar-refractivity contribution in [2.45, 2.75) is 117 Å². The molecule has 0 spiro atoms. The maximum atomic E-state index is 11.4. The number of hydrogen-bond acceptors (Lipinski definition) is 4. The molecule has 4 heteroatoms. The van der Waals surface area contributed by atoms with Crippen molar-refractivity contribution in [1.82, 2.24) is 0 Å². The van der Waals surface area contributed by atoms with E-state index >= 15 is 0 Å². The molecule has 4 aliphatic carbocycles. The summed E-state index contributed by atoms with van der Waals surface area (Å²) >= 11 is 0. The standard InChI is InChI=1S/C29H50O4/c1-7-18(16(2)3)14-24(31)17(4)19-8-9-20-26-21(10-12-28(19,20)5)29(6)13-11-23(30)27(33)22(29)15-25(26)32/h15-21,23-27,30-33H,7-14H2,1-6H3/t17-,18+,19+,20-,21-,23-,24+,25+,26-,27+,28+,29+/m0/s1. The monoisotopic (exact) mass is 462 g/mol.